The molecule has 0 spiro atoms. The number of hydrogen-bond donors (Lipinski definition) is 3. The molecular formula is C18H22Cl3N3O2. The van der Waals surface area contributed by atoms with Crippen LogP contribution in [0.4, 0.5) is 0 Å². The highest BCUT2D eigenvalue weighted by molar-refractivity contribution is 6.43. The maximum atomic E-state index is 10.1. The smallest absolute Gasteiger partial charge is 0.147 e. The van der Waals surface area contributed by atoms with Gasteiger partial charge < -0.3 is 20.1 Å². The Morgan fingerprint density at radius 3 is 2.58 bits per heavy atom. The molecule has 0 amide bonds. The summed E-state index contributed by atoms with van der Waals surface area (Å²) in [6.07, 6.45) is 2.74. The van der Waals surface area contributed by atoms with E-state index < -0.39 is 6.10 Å². The standard InChI is InChI=1S/C18H21Cl2N3O2.ClH/c1-18(2,3)22-6-10(24)9-25-16-8-21-7-15-17(16)11-4-12(19)13(20)5-14(11)23-15;/h4-5,7-8,10,22-24H,6,9H2,1-3H3;1H. The zero-order valence-corrected chi connectivity index (χ0v) is 17.1. The summed E-state index contributed by atoms with van der Waals surface area (Å²) < 4.78 is 5.83. The van der Waals surface area contributed by atoms with Gasteiger partial charge in [-0.3, -0.25) is 4.98 Å². The van der Waals surface area contributed by atoms with Crippen LogP contribution in [0.3, 0.4) is 0 Å². The number of nitrogens with one attached hydrogen (secondary N) is 2. The second-order valence-corrected chi connectivity index (χ2v) is 7.91. The second-order valence-electron chi connectivity index (χ2n) is 7.09. The van der Waals surface area contributed by atoms with E-state index in [4.69, 9.17) is 27.9 Å². The van der Waals surface area contributed by atoms with Gasteiger partial charge in [-0.1, -0.05) is 23.2 Å². The van der Waals surface area contributed by atoms with Crippen LogP contribution >= 0.6 is 35.6 Å². The Morgan fingerprint density at radius 1 is 1.19 bits per heavy atom. The van der Waals surface area contributed by atoms with Gasteiger partial charge >= 0.3 is 0 Å². The van der Waals surface area contributed by atoms with E-state index in [1.807, 2.05) is 26.8 Å². The molecule has 3 N–H and O–H groups in total. The molecule has 0 radical (unpaired) electrons. The number of pyridine rings is 1. The molecule has 2 heterocycles. The predicted molar refractivity (Wildman–Crippen MR) is 110 cm³/mol. The number of ether oxygens (including phenoxy) is 1. The van der Waals surface area contributed by atoms with Crippen molar-refractivity contribution < 1.29 is 9.84 Å². The van der Waals surface area contributed by atoms with E-state index in [9.17, 15) is 5.11 Å². The van der Waals surface area contributed by atoms with Crippen molar-refractivity contribution >= 4 is 57.4 Å². The van der Waals surface area contributed by atoms with Crippen molar-refractivity contribution in [1.29, 1.82) is 0 Å². The average molecular weight is 419 g/mol. The predicted octanol–water partition coefficient (Wildman–Crippen LogP) is 4.57. The second kappa shape index (κ2) is 8.19. The Morgan fingerprint density at radius 2 is 1.88 bits per heavy atom. The maximum Gasteiger partial charge on any atom is 0.147 e. The molecule has 0 bridgehead atoms. The molecule has 3 rings (SSSR count). The maximum absolute atomic E-state index is 10.1. The van der Waals surface area contributed by atoms with E-state index in [-0.39, 0.29) is 24.6 Å². The molecule has 1 aromatic carbocycles. The number of aliphatic hydroxyl groups is 1. The summed E-state index contributed by atoms with van der Waals surface area (Å²) in [5.41, 5.74) is 1.63. The number of H-pyrrole nitrogens is 1. The summed E-state index contributed by atoms with van der Waals surface area (Å²) in [6, 6.07) is 3.59. The Kier molecular flexibility index (Phi) is 6.64. The van der Waals surface area contributed by atoms with E-state index in [0.717, 1.165) is 21.8 Å². The minimum absolute atomic E-state index is 0. The van der Waals surface area contributed by atoms with Gasteiger partial charge in [-0.2, -0.15) is 0 Å². The van der Waals surface area contributed by atoms with E-state index in [0.29, 0.717) is 22.3 Å². The fourth-order valence-electron chi connectivity index (χ4n) is 2.59. The van der Waals surface area contributed by atoms with Gasteiger partial charge in [0.05, 0.1) is 33.3 Å². The highest BCUT2D eigenvalue weighted by atomic mass is 35.5. The minimum Gasteiger partial charge on any atom is -0.488 e. The van der Waals surface area contributed by atoms with Gasteiger partial charge in [-0.15, -0.1) is 12.4 Å². The fourth-order valence-corrected chi connectivity index (χ4v) is 2.92. The highest BCUT2D eigenvalue weighted by Crippen LogP contribution is 2.36. The molecule has 0 aliphatic heterocycles. The summed E-state index contributed by atoms with van der Waals surface area (Å²) >= 11 is 12.2. The molecule has 1 atom stereocenters. The lowest BCUT2D eigenvalue weighted by Gasteiger charge is -2.23. The van der Waals surface area contributed by atoms with Crippen molar-refractivity contribution in [2.75, 3.05) is 13.2 Å². The van der Waals surface area contributed by atoms with Crippen LogP contribution in [-0.4, -0.2) is 39.9 Å². The molecule has 0 aliphatic rings. The number of nitrogens with zero attached hydrogens (tertiary/aromatic N) is 1. The summed E-state index contributed by atoms with van der Waals surface area (Å²) in [7, 11) is 0. The van der Waals surface area contributed by atoms with Crippen LogP contribution < -0.4 is 10.1 Å². The molecular weight excluding hydrogens is 397 g/mol. The fraction of sp³-hybridized carbons (Fsp3) is 0.389. The van der Waals surface area contributed by atoms with Crippen LogP contribution in [0.2, 0.25) is 10.0 Å². The number of aromatic nitrogens is 2. The Balaban J connectivity index is 0.00000243. The monoisotopic (exact) mass is 417 g/mol. The number of benzene rings is 1. The van der Waals surface area contributed by atoms with E-state index >= 15 is 0 Å². The SMILES string of the molecule is CC(C)(C)NCC(O)COc1cncc2[nH]c3cc(Cl)c(Cl)cc3c12.Cl. The van der Waals surface area contributed by atoms with Crippen LogP contribution in [-0.2, 0) is 0 Å². The van der Waals surface area contributed by atoms with E-state index in [2.05, 4.69) is 15.3 Å². The van der Waals surface area contributed by atoms with Gasteiger partial charge in [0.15, 0.2) is 0 Å². The number of β-amino-alcohol motifs (C(OH)–C–C–N with tert-alkyl or cyclic N) is 1. The van der Waals surface area contributed by atoms with Crippen LogP contribution in [0.15, 0.2) is 24.5 Å². The van der Waals surface area contributed by atoms with Crippen LogP contribution in [0.5, 0.6) is 5.75 Å². The van der Waals surface area contributed by atoms with Crippen molar-refractivity contribution in [3.8, 4) is 5.75 Å². The summed E-state index contributed by atoms with van der Waals surface area (Å²) in [5, 5.41) is 16.1. The Labute approximate surface area is 168 Å². The molecule has 2 aromatic heterocycles. The third kappa shape index (κ3) is 4.72. The normalized spacial score (nSPS) is 13.0. The lowest BCUT2D eigenvalue weighted by molar-refractivity contribution is 0.101. The van der Waals surface area contributed by atoms with Crippen molar-refractivity contribution in [2.45, 2.75) is 32.4 Å². The molecule has 5 nitrogen and oxygen atoms in total. The minimum atomic E-state index is -0.627. The zero-order chi connectivity index (χ0) is 18.2. The quantitative estimate of drug-likeness (QED) is 0.567. The number of aliphatic hydroxyl groups excluding tert-OH is 1. The van der Waals surface area contributed by atoms with E-state index in [1.54, 1.807) is 18.5 Å². The zero-order valence-electron chi connectivity index (χ0n) is 14.8. The first-order valence-electron chi connectivity index (χ1n) is 8.05. The van der Waals surface area contributed by atoms with Gasteiger partial charge in [-0.05, 0) is 32.9 Å². The first-order valence-corrected chi connectivity index (χ1v) is 8.80. The van der Waals surface area contributed by atoms with Gasteiger partial charge in [0.25, 0.3) is 0 Å². The topological polar surface area (TPSA) is 70.2 Å². The van der Waals surface area contributed by atoms with Crippen molar-refractivity contribution in [3.05, 3.63) is 34.6 Å². The number of rotatable bonds is 5. The van der Waals surface area contributed by atoms with Crippen molar-refractivity contribution in [2.24, 2.45) is 0 Å². The molecule has 0 aliphatic carbocycles. The summed E-state index contributed by atoms with van der Waals surface area (Å²) in [6.45, 7) is 6.75. The van der Waals surface area contributed by atoms with E-state index in [1.165, 1.54) is 0 Å². The van der Waals surface area contributed by atoms with Crippen LogP contribution in [0.1, 0.15) is 20.8 Å². The third-order valence-corrected chi connectivity index (χ3v) is 4.53. The third-order valence-electron chi connectivity index (χ3n) is 3.81. The lowest BCUT2D eigenvalue weighted by Crippen LogP contribution is -2.42. The highest BCUT2D eigenvalue weighted by Gasteiger charge is 2.15. The molecule has 142 valence electrons. The first kappa shape index (κ1) is 21.1. The molecule has 8 heteroatoms. The van der Waals surface area contributed by atoms with Gasteiger partial charge in [-0.25, -0.2) is 0 Å². The molecule has 0 saturated heterocycles. The molecule has 0 saturated carbocycles. The average Bonchev–Trinajstić information content (AvgIpc) is 2.88. The Hall–Kier alpha value is -1.24. The largest absolute Gasteiger partial charge is 0.488 e. The lowest BCUT2D eigenvalue weighted by atomic mass is 10.1. The van der Waals surface area contributed by atoms with Crippen molar-refractivity contribution in [1.82, 2.24) is 15.3 Å². The van der Waals surface area contributed by atoms with Crippen molar-refractivity contribution in [3.63, 3.8) is 0 Å². The van der Waals surface area contributed by atoms with Crippen LogP contribution in [0, 0.1) is 0 Å². The number of aromatic amines is 1. The van der Waals surface area contributed by atoms with Gasteiger partial charge in [0.2, 0.25) is 0 Å². The van der Waals surface area contributed by atoms with Gasteiger partial charge in [0.1, 0.15) is 18.5 Å². The van der Waals surface area contributed by atoms with Crippen LogP contribution in [0.25, 0.3) is 21.8 Å². The number of fused-ring (bicyclic) bond motifs is 3. The van der Waals surface area contributed by atoms with Gasteiger partial charge in [0, 0.05) is 23.0 Å². The molecule has 1 unspecified atom stereocenters. The summed E-state index contributed by atoms with van der Waals surface area (Å²) in [4.78, 5) is 7.46. The first-order chi connectivity index (χ1) is 11.7. The molecule has 0 fully saturated rings. The molecule has 26 heavy (non-hydrogen) atoms. The molecule has 3 aromatic rings. The number of halogens is 3. The summed E-state index contributed by atoms with van der Waals surface area (Å²) in [5.74, 6) is 0.594. The number of hydrogen-bond acceptors (Lipinski definition) is 4. The Bertz CT molecular complexity index is 906.